The van der Waals surface area contributed by atoms with Crippen LogP contribution in [-0.4, -0.2) is 34.1 Å². The van der Waals surface area contributed by atoms with Crippen molar-refractivity contribution < 1.29 is 18.7 Å². The number of hydrogen-bond acceptors (Lipinski definition) is 1. The molecule has 0 radical (unpaired) electrons. The Morgan fingerprint density at radius 2 is 2.36 bits per heavy atom. The second kappa shape index (κ2) is 4.59. The van der Waals surface area contributed by atoms with Crippen molar-refractivity contribution in [1.29, 1.82) is 0 Å². The molecule has 0 aliphatic heterocycles. The molecule has 4 nitrogen and oxygen atoms in total. The summed E-state index contributed by atoms with van der Waals surface area (Å²) in [6.45, 7) is -0.788. The fourth-order valence-electron chi connectivity index (χ4n) is 1.05. The number of halogens is 2. The second-order valence-electron chi connectivity index (χ2n) is 2.77. The Labute approximate surface area is 79.1 Å². The zero-order valence-corrected chi connectivity index (χ0v) is 7.28. The Hall–Kier alpha value is -1.59. The maximum Gasteiger partial charge on any atom is 0.407 e. The fraction of sp³-hybridized carbons (Fsp3) is 0.375. The van der Waals surface area contributed by atoms with Gasteiger partial charge >= 0.3 is 6.09 Å². The van der Waals surface area contributed by atoms with Crippen LogP contribution < -0.4 is 0 Å². The molecule has 0 aromatic carbocycles. The highest BCUT2D eigenvalue weighted by molar-refractivity contribution is 5.65. The first-order valence-electron chi connectivity index (χ1n) is 3.97. The van der Waals surface area contributed by atoms with Gasteiger partial charge in [0.1, 0.15) is 0 Å². The van der Waals surface area contributed by atoms with E-state index in [1.165, 1.54) is 0 Å². The highest BCUT2D eigenvalue weighted by Crippen LogP contribution is 2.06. The molecule has 0 spiro atoms. The van der Waals surface area contributed by atoms with Gasteiger partial charge in [0.2, 0.25) is 0 Å². The number of alkyl halides is 2. The Balaban J connectivity index is 2.56. The average Bonchev–Trinajstić information content (AvgIpc) is 2.54. The predicted molar refractivity (Wildman–Crippen MR) is 45.2 cm³/mol. The van der Waals surface area contributed by atoms with Crippen LogP contribution in [0.2, 0.25) is 0 Å². The molecule has 6 heteroatoms. The van der Waals surface area contributed by atoms with Gasteiger partial charge in [0.15, 0.2) is 0 Å². The summed E-state index contributed by atoms with van der Waals surface area (Å²) in [5.41, 5.74) is 0.660. The predicted octanol–water partition coefficient (Wildman–Crippen LogP) is 1.76. The van der Waals surface area contributed by atoms with Crippen molar-refractivity contribution in [2.45, 2.75) is 13.0 Å². The molecule has 0 saturated carbocycles. The highest BCUT2D eigenvalue weighted by atomic mass is 19.3. The van der Waals surface area contributed by atoms with Gasteiger partial charge in [-0.25, -0.2) is 13.6 Å². The molecule has 0 aliphatic carbocycles. The van der Waals surface area contributed by atoms with E-state index in [4.69, 9.17) is 5.11 Å². The zero-order chi connectivity index (χ0) is 10.6. The summed E-state index contributed by atoms with van der Waals surface area (Å²) in [7, 11) is 0. The van der Waals surface area contributed by atoms with Crippen molar-refractivity contribution in [1.82, 2.24) is 9.88 Å². The molecule has 0 aliphatic rings. The number of amides is 1. The summed E-state index contributed by atoms with van der Waals surface area (Å²) in [5, 5.41) is 8.60. The van der Waals surface area contributed by atoms with Gasteiger partial charge in [-0.2, -0.15) is 0 Å². The van der Waals surface area contributed by atoms with Crippen LogP contribution in [0.1, 0.15) is 5.56 Å². The monoisotopic (exact) mass is 204 g/mol. The molecule has 0 bridgehead atoms. The molecule has 0 atom stereocenters. The molecule has 78 valence electrons. The molecule has 0 fully saturated rings. The fourth-order valence-corrected chi connectivity index (χ4v) is 1.05. The van der Waals surface area contributed by atoms with E-state index in [-0.39, 0.29) is 6.54 Å². The lowest BCUT2D eigenvalue weighted by atomic mass is 10.3. The molecule has 1 amide bonds. The van der Waals surface area contributed by atoms with E-state index in [0.717, 1.165) is 0 Å². The lowest BCUT2D eigenvalue weighted by Crippen LogP contribution is -2.33. The van der Waals surface area contributed by atoms with E-state index in [0.29, 0.717) is 10.5 Å². The zero-order valence-electron chi connectivity index (χ0n) is 7.28. The lowest BCUT2D eigenvalue weighted by molar-refractivity contribution is 0.0768. The number of carboxylic acid groups (broad SMARTS) is 1. The van der Waals surface area contributed by atoms with Crippen LogP contribution in [0.5, 0.6) is 0 Å². The highest BCUT2D eigenvalue weighted by Gasteiger charge is 2.17. The van der Waals surface area contributed by atoms with Crippen molar-refractivity contribution in [2.75, 3.05) is 6.54 Å². The number of carbonyl (C=O) groups is 1. The summed E-state index contributed by atoms with van der Waals surface area (Å²) in [6.07, 6.45) is -0.810. The molecule has 0 unspecified atom stereocenters. The van der Waals surface area contributed by atoms with Crippen LogP contribution in [0.15, 0.2) is 18.5 Å². The first-order chi connectivity index (χ1) is 6.59. The number of hydrogen-bond donors (Lipinski definition) is 2. The first-order valence-corrected chi connectivity index (χ1v) is 3.97. The van der Waals surface area contributed by atoms with E-state index < -0.39 is 19.1 Å². The van der Waals surface area contributed by atoms with Crippen molar-refractivity contribution in [3.05, 3.63) is 24.0 Å². The Morgan fingerprint density at radius 1 is 1.64 bits per heavy atom. The van der Waals surface area contributed by atoms with Gasteiger partial charge in [0.25, 0.3) is 6.43 Å². The number of H-pyrrole nitrogens is 1. The van der Waals surface area contributed by atoms with Crippen LogP contribution in [0.25, 0.3) is 0 Å². The molecular weight excluding hydrogens is 194 g/mol. The topological polar surface area (TPSA) is 56.3 Å². The quantitative estimate of drug-likeness (QED) is 0.785. The lowest BCUT2D eigenvalue weighted by Gasteiger charge is -2.17. The van der Waals surface area contributed by atoms with E-state index >= 15 is 0 Å². The standard InChI is InChI=1S/C8H10F2N2O2/c9-7(10)5-12(8(13)14)4-6-1-2-11-3-6/h1-3,7,11H,4-5H2,(H,13,14). The SMILES string of the molecule is O=C(O)N(Cc1cc[nH]c1)CC(F)F. The Morgan fingerprint density at radius 3 is 2.79 bits per heavy atom. The minimum absolute atomic E-state index is 0.0246. The number of nitrogens with zero attached hydrogens (tertiary/aromatic N) is 1. The van der Waals surface area contributed by atoms with Crippen molar-refractivity contribution in [3.8, 4) is 0 Å². The van der Waals surface area contributed by atoms with Gasteiger partial charge in [-0.05, 0) is 11.6 Å². The molecule has 2 N–H and O–H groups in total. The third-order valence-corrected chi connectivity index (χ3v) is 1.66. The van der Waals surface area contributed by atoms with Gasteiger partial charge in [0, 0.05) is 12.4 Å². The Bertz CT molecular complexity index is 288. The second-order valence-corrected chi connectivity index (χ2v) is 2.77. The Kier molecular flexibility index (Phi) is 3.44. The maximum absolute atomic E-state index is 12.0. The van der Waals surface area contributed by atoms with Crippen molar-refractivity contribution in [3.63, 3.8) is 0 Å². The minimum Gasteiger partial charge on any atom is -0.465 e. The van der Waals surface area contributed by atoms with Gasteiger partial charge in [-0.15, -0.1) is 0 Å². The van der Waals surface area contributed by atoms with Crippen molar-refractivity contribution >= 4 is 6.09 Å². The van der Waals surface area contributed by atoms with Gasteiger partial charge in [-0.3, -0.25) is 4.90 Å². The van der Waals surface area contributed by atoms with E-state index in [1.54, 1.807) is 18.5 Å². The first kappa shape index (κ1) is 10.5. The normalized spacial score (nSPS) is 10.5. The molecule has 0 saturated heterocycles. The molecule has 1 aromatic rings. The summed E-state index contributed by atoms with van der Waals surface area (Å²) in [5.74, 6) is 0. The number of rotatable bonds is 4. The van der Waals surface area contributed by atoms with Gasteiger partial charge < -0.3 is 10.1 Å². The molecule has 14 heavy (non-hydrogen) atoms. The van der Waals surface area contributed by atoms with Crippen LogP contribution in [0.4, 0.5) is 13.6 Å². The largest absolute Gasteiger partial charge is 0.465 e. The van der Waals surface area contributed by atoms with Gasteiger partial charge in [0.05, 0.1) is 13.1 Å². The number of aromatic nitrogens is 1. The molecule has 1 rings (SSSR count). The number of aromatic amines is 1. The van der Waals surface area contributed by atoms with Crippen LogP contribution in [0, 0.1) is 0 Å². The van der Waals surface area contributed by atoms with E-state index in [2.05, 4.69) is 4.98 Å². The molecule has 1 aromatic heterocycles. The van der Waals surface area contributed by atoms with Crippen LogP contribution >= 0.6 is 0 Å². The average molecular weight is 204 g/mol. The summed E-state index contributed by atoms with van der Waals surface area (Å²) >= 11 is 0. The summed E-state index contributed by atoms with van der Waals surface area (Å²) < 4.78 is 23.9. The number of nitrogens with one attached hydrogen (secondary N) is 1. The molecule has 1 heterocycles. The van der Waals surface area contributed by atoms with E-state index in [9.17, 15) is 13.6 Å². The smallest absolute Gasteiger partial charge is 0.407 e. The minimum atomic E-state index is -2.65. The van der Waals surface area contributed by atoms with Gasteiger partial charge in [-0.1, -0.05) is 0 Å². The third-order valence-electron chi connectivity index (χ3n) is 1.66. The third kappa shape index (κ3) is 3.04. The van der Waals surface area contributed by atoms with Crippen LogP contribution in [-0.2, 0) is 6.54 Å². The summed E-state index contributed by atoms with van der Waals surface area (Å²) in [6, 6.07) is 1.64. The molecular formula is C8H10F2N2O2. The van der Waals surface area contributed by atoms with E-state index in [1.807, 2.05) is 0 Å². The van der Waals surface area contributed by atoms with Crippen LogP contribution in [0.3, 0.4) is 0 Å². The van der Waals surface area contributed by atoms with Crippen molar-refractivity contribution in [2.24, 2.45) is 0 Å². The maximum atomic E-state index is 12.0. The summed E-state index contributed by atoms with van der Waals surface area (Å²) in [4.78, 5) is 13.9.